The van der Waals surface area contributed by atoms with Crippen LogP contribution in [0.3, 0.4) is 0 Å². The second kappa shape index (κ2) is 6.14. The van der Waals surface area contributed by atoms with Crippen molar-refractivity contribution in [2.75, 3.05) is 6.61 Å². The van der Waals surface area contributed by atoms with Crippen molar-refractivity contribution in [2.45, 2.75) is 13.0 Å². The SMILES string of the molecule is Cn1c(=O)c2c(nc([N+](=O)[O-])n2CCCOS(=O)(=O)O)n(C)c1=O. The van der Waals surface area contributed by atoms with Crippen molar-refractivity contribution < 1.29 is 22.1 Å². The van der Waals surface area contributed by atoms with Gasteiger partial charge in [0, 0.05) is 20.5 Å². The molecule has 0 aromatic carbocycles. The molecule has 0 saturated carbocycles. The number of aromatic nitrogens is 4. The minimum Gasteiger partial charge on any atom is -0.390 e. The highest BCUT2D eigenvalue weighted by Crippen LogP contribution is 2.18. The summed E-state index contributed by atoms with van der Waals surface area (Å²) in [5, 5.41) is 11.1. The first kappa shape index (κ1) is 17.8. The van der Waals surface area contributed by atoms with E-state index in [4.69, 9.17) is 4.55 Å². The van der Waals surface area contributed by atoms with Gasteiger partial charge in [-0.05, 0) is 9.91 Å². The average Bonchev–Trinajstić information content (AvgIpc) is 2.86. The molecule has 0 aliphatic carbocycles. The lowest BCUT2D eigenvalue weighted by Gasteiger charge is -2.04. The molecule has 2 rings (SSSR count). The Balaban J connectivity index is 2.55. The number of imidazole rings is 1. The topological polar surface area (TPSA) is 169 Å². The first-order valence-corrected chi connectivity index (χ1v) is 7.83. The number of aryl methyl sites for hydroxylation is 2. The zero-order valence-corrected chi connectivity index (χ0v) is 13.4. The van der Waals surface area contributed by atoms with Crippen LogP contribution in [0.15, 0.2) is 9.59 Å². The van der Waals surface area contributed by atoms with Crippen molar-refractivity contribution in [3.05, 3.63) is 31.0 Å². The normalized spacial score (nSPS) is 12.0. The molecular weight excluding hydrogens is 350 g/mol. The molecule has 0 bridgehead atoms. The zero-order chi connectivity index (χ0) is 18.2. The maximum absolute atomic E-state index is 12.2. The summed E-state index contributed by atoms with van der Waals surface area (Å²) in [7, 11) is -2.10. The molecule has 0 fully saturated rings. The number of nitro groups is 1. The number of rotatable bonds is 6. The Kier molecular flexibility index (Phi) is 4.54. The van der Waals surface area contributed by atoms with Crippen LogP contribution in [0, 0.1) is 10.1 Å². The van der Waals surface area contributed by atoms with Crippen LogP contribution >= 0.6 is 0 Å². The second-order valence-electron chi connectivity index (χ2n) is 4.80. The molecule has 2 aromatic heterocycles. The summed E-state index contributed by atoms with van der Waals surface area (Å²) >= 11 is 0. The number of fused-ring (bicyclic) bond motifs is 1. The Morgan fingerprint density at radius 3 is 2.46 bits per heavy atom. The molecule has 0 saturated heterocycles. The highest BCUT2D eigenvalue weighted by molar-refractivity contribution is 7.80. The van der Waals surface area contributed by atoms with Crippen molar-refractivity contribution in [2.24, 2.45) is 14.1 Å². The van der Waals surface area contributed by atoms with Gasteiger partial charge in [-0.2, -0.15) is 8.42 Å². The van der Waals surface area contributed by atoms with Gasteiger partial charge in [0.05, 0.1) is 13.2 Å². The van der Waals surface area contributed by atoms with E-state index < -0.39 is 39.1 Å². The van der Waals surface area contributed by atoms with Gasteiger partial charge < -0.3 is 10.1 Å². The summed E-state index contributed by atoms with van der Waals surface area (Å²) in [4.78, 5) is 38.1. The van der Waals surface area contributed by atoms with E-state index in [-0.39, 0.29) is 24.1 Å². The van der Waals surface area contributed by atoms with Crippen LogP contribution in [-0.4, -0.2) is 43.2 Å². The molecule has 0 aliphatic rings. The fourth-order valence-electron chi connectivity index (χ4n) is 2.17. The molecule has 2 heterocycles. The molecule has 0 unspecified atom stereocenters. The summed E-state index contributed by atoms with van der Waals surface area (Å²) in [5.74, 6) is -0.671. The predicted octanol–water partition coefficient (Wildman–Crippen LogP) is -1.45. The van der Waals surface area contributed by atoms with Crippen molar-refractivity contribution in [1.82, 2.24) is 18.7 Å². The Bertz CT molecular complexity index is 1030. The lowest BCUT2D eigenvalue weighted by Crippen LogP contribution is -2.37. The average molecular weight is 363 g/mol. The smallest absolute Gasteiger partial charge is 0.390 e. The fourth-order valence-corrected chi connectivity index (χ4v) is 2.50. The van der Waals surface area contributed by atoms with Gasteiger partial charge in [0.1, 0.15) is 0 Å². The van der Waals surface area contributed by atoms with E-state index >= 15 is 0 Å². The van der Waals surface area contributed by atoms with Crippen LogP contribution in [0.5, 0.6) is 0 Å². The van der Waals surface area contributed by atoms with E-state index in [2.05, 4.69) is 9.17 Å². The van der Waals surface area contributed by atoms with E-state index in [1.807, 2.05) is 0 Å². The van der Waals surface area contributed by atoms with E-state index in [0.29, 0.717) is 0 Å². The quantitative estimate of drug-likeness (QED) is 0.279. The van der Waals surface area contributed by atoms with Crippen LogP contribution in [0.25, 0.3) is 11.2 Å². The van der Waals surface area contributed by atoms with Crippen molar-refractivity contribution in [3.63, 3.8) is 0 Å². The van der Waals surface area contributed by atoms with Crippen molar-refractivity contribution in [1.29, 1.82) is 0 Å². The van der Waals surface area contributed by atoms with Crippen molar-refractivity contribution >= 4 is 27.5 Å². The first-order chi connectivity index (χ1) is 11.0. The highest BCUT2D eigenvalue weighted by Gasteiger charge is 2.27. The molecule has 14 heteroatoms. The second-order valence-corrected chi connectivity index (χ2v) is 5.89. The van der Waals surface area contributed by atoms with Crippen LogP contribution in [0.2, 0.25) is 0 Å². The van der Waals surface area contributed by atoms with E-state index in [9.17, 15) is 28.1 Å². The van der Waals surface area contributed by atoms with Gasteiger partial charge in [-0.15, -0.1) is 0 Å². The molecule has 0 spiro atoms. The van der Waals surface area contributed by atoms with E-state index in [0.717, 1.165) is 13.7 Å². The lowest BCUT2D eigenvalue weighted by molar-refractivity contribution is -0.396. The van der Waals surface area contributed by atoms with E-state index in [1.165, 1.54) is 14.1 Å². The summed E-state index contributed by atoms with van der Waals surface area (Å²) in [6.07, 6.45) is -0.0713. The third-order valence-electron chi connectivity index (χ3n) is 3.25. The largest absolute Gasteiger partial charge is 0.437 e. The maximum Gasteiger partial charge on any atom is 0.437 e. The molecular formula is C10H13N5O8S. The highest BCUT2D eigenvalue weighted by atomic mass is 32.3. The summed E-state index contributed by atoms with van der Waals surface area (Å²) in [6, 6.07) is 0. The summed E-state index contributed by atoms with van der Waals surface area (Å²) in [5.41, 5.74) is -1.80. The Labute approximate surface area is 133 Å². The molecule has 0 atom stereocenters. The van der Waals surface area contributed by atoms with Gasteiger partial charge in [0.25, 0.3) is 11.2 Å². The molecule has 132 valence electrons. The van der Waals surface area contributed by atoms with Crippen LogP contribution in [0.4, 0.5) is 5.95 Å². The third kappa shape index (κ3) is 3.19. The predicted molar refractivity (Wildman–Crippen MR) is 79.0 cm³/mol. The van der Waals surface area contributed by atoms with Crippen LogP contribution < -0.4 is 11.2 Å². The van der Waals surface area contributed by atoms with Crippen LogP contribution in [0.1, 0.15) is 6.42 Å². The molecule has 0 radical (unpaired) electrons. The lowest BCUT2D eigenvalue weighted by atomic mass is 10.4. The Morgan fingerprint density at radius 1 is 1.29 bits per heavy atom. The standard InChI is InChI=1S/C10H13N5O8S/c1-12-7-6(8(16)13(2)10(12)17)14(9(11-7)15(18)19)4-3-5-23-24(20,21)22/h3-5H2,1-2H3,(H,20,21,22). The minimum absolute atomic E-state index is 0.0713. The van der Waals surface area contributed by atoms with Gasteiger partial charge in [0.2, 0.25) is 5.52 Å². The first-order valence-electron chi connectivity index (χ1n) is 6.47. The molecule has 1 N–H and O–H groups in total. The van der Waals surface area contributed by atoms with Gasteiger partial charge >= 0.3 is 22.0 Å². The Morgan fingerprint density at radius 2 is 1.92 bits per heavy atom. The minimum atomic E-state index is -4.63. The third-order valence-corrected chi connectivity index (χ3v) is 3.71. The molecule has 0 amide bonds. The summed E-state index contributed by atoms with van der Waals surface area (Å²) < 4.78 is 36.3. The number of nitrogens with zero attached hydrogens (tertiary/aromatic N) is 5. The van der Waals surface area contributed by atoms with Gasteiger partial charge in [0.15, 0.2) is 0 Å². The molecule has 13 nitrogen and oxygen atoms in total. The zero-order valence-electron chi connectivity index (χ0n) is 12.6. The number of hydrogen-bond acceptors (Lipinski definition) is 8. The fraction of sp³-hybridized carbons (Fsp3) is 0.500. The van der Waals surface area contributed by atoms with Crippen molar-refractivity contribution in [3.8, 4) is 0 Å². The van der Waals surface area contributed by atoms with Gasteiger partial charge in [-0.3, -0.25) is 18.5 Å². The van der Waals surface area contributed by atoms with Gasteiger partial charge in [-0.25, -0.2) is 13.5 Å². The molecule has 0 aliphatic heterocycles. The molecule has 2 aromatic rings. The molecule has 24 heavy (non-hydrogen) atoms. The maximum atomic E-state index is 12.2. The number of hydrogen-bond donors (Lipinski definition) is 1. The van der Waals surface area contributed by atoms with Gasteiger partial charge in [-0.1, -0.05) is 0 Å². The summed E-state index contributed by atoms with van der Waals surface area (Å²) in [6.45, 7) is -0.641. The van der Waals surface area contributed by atoms with E-state index in [1.54, 1.807) is 0 Å². The Hall–Kier alpha value is -2.58. The van der Waals surface area contributed by atoms with Crippen LogP contribution in [-0.2, 0) is 35.2 Å². The monoisotopic (exact) mass is 363 g/mol.